The minimum absolute atomic E-state index is 0.173. The van der Waals surface area contributed by atoms with Gasteiger partial charge in [0.2, 0.25) is 0 Å². The van der Waals surface area contributed by atoms with Gasteiger partial charge in [-0.2, -0.15) is 0 Å². The van der Waals surface area contributed by atoms with Gasteiger partial charge in [0.25, 0.3) is 0 Å². The molecule has 0 amide bonds. The molecule has 0 aliphatic rings. The quantitative estimate of drug-likeness (QED) is 0.879. The van der Waals surface area contributed by atoms with E-state index < -0.39 is 0 Å². The number of nitrogens with one attached hydrogen (secondary N) is 1. The third kappa shape index (κ3) is 3.24. The summed E-state index contributed by atoms with van der Waals surface area (Å²) in [5.74, 6) is 0. The lowest BCUT2D eigenvalue weighted by molar-refractivity contribution is 0.414. The van der Waals surface area contributed by atoms with E-state index in [9.17, 15) is 0 Å². The Kier molecular flexibility index (Phi) is 3.45. The molecule has 0 aliphatic carbocycles. The van der Waals surface area contributed by atoms with E-state index in [-0.39, 0.29) is 5.54 Å². The third-order valence-corrected chi connectivity index (χ3v) is 2.98. The van der Waals surface area contributed by atoms with Crippen LogP contribution in [0.4, 0.5) is 0 Å². The first-order valence-corrected chi connectivity index (χ1v) is 6.33. The highest BCUT2D eigenvalue weighted by Gasteiger charge is 2.08. The molecule has 0 aliphatic heterocycles. The largest absolute Gasteiger partial charge is 0.346 e. The molecule has 1 aromatic carbocycles. The van der Waals surface area contributed by atoms with Gasteiger partial charge in [0.05, 0.1) is 0 Å². The molecule has 0 saturated carbocycles. The van der Waals surface area contributed by atoms with Crippen LogP contribution in [0.3, 0.4) is 0 Å². The lowest BCUT2D eigenvalue weighted by Crippen LogP contribution is -2.37. The van der Waals surface area contributed by atoms with Crippen LogP contribution >= 0.6 is 11.6 Å². The molecule has 0 unspecified atom stereocenters. The van der Waals surface area contributed by atoms with Gasteiger partial charge in [-0.25, -0.2) is 0 Å². The van der Waals surface area contributed by atoms with Gasteiger partial charge in [-0.1, -0.05) is 11.6 Å². The fourth-order valence-corrected chi connectivity index (χ4v) is 2.10. The highest BCUT2D eigenvalue weighted by Crippen LogP contribution is 2.20. The second-order valence-corrected chi connectivity index (χ2v) is 5.83. The second kappa shape index (κ2) is 4.71. The Morgan fingerprint density at radius 1 is 1.24 bits per heavy atom. The zero-order valence-corrected chi connectivity index (χ0v) is 11.4. The molecule has 0 bridgehead atoms. The van der Waals surface area contributed by atoms with Gasteiger partial charge >= 0.3 is 0 Å². The van der Waals surface area contributed by atoms with Gasteiger partial charge in [0.1, 0.15) is 0 Å². The first-order chi connectivity index (χ1) is 7.96. The van der Waals surface area contributed by atoms with Gasteiger partial charge in [0.15, 0.2) is 0 Å². The van der Waals surface area contributed by atoms with Gasteiger partial charge in [-0.15, -0.1) is 0 Å². The molecule has 2 aromatic rings. The molecule has 0 spiro atoms. The molecule has 1 aromatic heterocycles. The first-order valence-electron chi connectivity index (χ1n) is 5.95. The van der Waals surface area contributed by atoms with Crippen LogP contribution in [0, 0.1) is 0 Å². The van der Waals surface area contributed by atoms with Crippen molar-refractivity contribution in [1.82, 2.24) is 9.88 Å². The van der Waals surface area contributed by atoms with Crippen molar-refractivity contribution in [2.24, 2.45) is 0 Å². The van der Waals surface area contributed by atoms with E-state index in [1.807, 2.05) is 12.1 Å². The average molecular weight is 251 g/mol. The number of nitrogens with zero attached hydrogens (tertiary/aromatic N) is 1. The maximum atomic E-state index is 5.97. The van der Waals surface area contributed by atoms with E-state index in [0.717, 1.165) is 18.1 Å². The molecular formula is C14H19ClN2. The molecule has 17 heavy (non-hydrogen) atoms. The highest BCUT2D eigenvalue weighted by atomic mass is 35.5. The van der Waals surface area contributed by atoms with E-state index in [1.165, 1.54) is 10.9 Å². The summed E-state index contributed by atoms with van der Waals surface area (Å²) in [5.41, 5.74) is 1.41. The van der Waals surface area contributed by atoms with Crippen LogP contribution in [-0.4, -0.2) is 16.7 Å². The van der Waals surface area contributed by atoms with Gasteiger partial charge in [0, 0.05) is 40.8 Å². The van der Waals surface area contributed by atoms with Crippen LogP contribution in [0.15, 0.2) is 30.5 Å². The number of benzene rings is 1. The normalized spacial score (nSPS) is 12.2. The summed E-state index contributed by atoms with van der Waals surface area (Å²) < 4.78 is 2.25. The second-order valence-electron chi connectivity index (χ2n) is 5.39. The third-order valence-electron chi connectivity index (χ3n) is 2.74. The van der Waals surface area contributed by atoms with E-state index in [4.69, 9.17) is 11.6 Å². The standard InChI is InChI=1S/C14H19ClN2/c1-14(2,3)16-7-9-17-8-6-11-10-12(15)4-5-13(11)17/h4-6,8,10,16H,7,9H2,1-3H3. The van der Waals surface area contributed by atoms with Crippen LogP contribution in [0.1, 0.15) is 20.8 Å². The molecule has 2 rings (SSSR count). The van der Waals surface area contributed by atoms with Crippen LogP contribution in [0.5, 0.6) is 0 Å². The highest BCUT2D eigenvalue weighted by molar-refractivity contribution is 6.31. The smallest absolute Gasteiger partial charge is 0.0481 e. The van der Waals surface area contributed by atoms with Crippen molar-refractivity contribution in [3.8, 4) is 0 Å². The Bertz CT molecular complexity index is 508. The molecule has 1 heterocycles. The molecule has 92 valence electrons. The Labute approximate surface area is 108 Å². The summed E-state index contributed by atoms with van der Waals surface area (Å²) in [6, 6.07) is 8.13. The minimum atomic E-state index is 0.173. The van der Waals surface area contributed by atoms with Crippen molar-refractivity contribution in [2.45, 2.75) is 32.9 Å². The fourth-order valence-electron chi connectivity index (χ4n) is 1.92. The maximum Gasteiger partial charge on any atom is 0.0481 e. The van der Waals surface area contributed by atoms with Gasteiger partial charge in [-0.05, 0) is 45.0 Å². The number of fused-ring (bicyclic) bond motifs is 1. The van der Waals surface area contributed by atoms with E-state index in [1.54, 1.807) is 0 Å². The number of hydrogen-bond donors (Lipinski definition) is 1. The predicted octanol–water partition coefficient (Wildman–Crippen LogP) is 3.68. The Morgan fingerprint density at radius 2 is 2.00 bits per heavy atom. The van der Waals surface area contributed by atoms with Crippen molar-refractivity contribution in [2.75, 3.05) is 6.54 Å². The summed E-state index contributed by atoms with van der Waals surface area (Å²) in [7, 11) is 0. The van der Waals surface area contributed by atoms with Gasteiger partial charge < -0.3 is 9.88 Å². The molecule has 0 fully saturated rings. The molecule has 0 saturated heterocycles. The van der Waals surface area contributed by atoms with Crippen molar-refractivity contribution in [1.29, 1.82) is 0 Å². The fraction of sp³-hybridized carbons (Fsp3) is 0.429. The molecule has 1 N–H and O–H groups in total. The van der Waals surface area contributed by atoms with Crippen LogP contribution < -0.4 is 5.32 Å². The van der Waals surface area contributed by atoms with E-state index in [2.05, 4.69) is 49.0 Å². The van der Waals surface area contributed by atoms with Gasteiger partial charge in [-0.3, -0.25) is 0 Å². The maximum absolute atomic E-state index is 5.97. The Morgan fingerprint density at radius 3 is 2.71 bits per heavy atom. The molecule has 2 nitrogen and oxygen atoms in total. The van der Waals surface area contributed by atoms with E-state index >= 15 is 0 Å². The monoisotopic (exact) mass is 250 g/mol. The minimum Gasteiger partial charge on any atom is -0.346 e. The summed E-state index contributed by atoms with van der Waals surface area (Å²) in [6.07, 6.45) is 2.12. The van der Waals surface area contributed by atoms with E-state index in [0.29, 0.717) is 0 Å². The molecule has 0 atom stereocenters. The zero-order valence-electron chi connectivity index (χ0n) is 10.6. The summed E-state index contributed by atoms with van der Waals surface area (Å²) in [5, 5.41) is 5.49. The number of rotatable bonds is 3. The molecular weight excluding hydrogens is 232 g/mol. The van der Waals surface area contributed by atoms with Crippen LogP contribution in [0.25, 0.3) is 10.9 Å². The van der Waals surface area contributed by atoms with Crippen LogP contribution in [0.2, 0.25) is 5.02 Å². The van der Waals surface area contributed by atoms with Crippen molar-refractivity contribution in [3.05, 3.63) is 35.5 Å². The topological polar surface area (TPSA) is 17.0 Å². The first kappa shape index (κ1) is 12.5. The van der Waals surface area contributed by atoms with Crippen molar-refractivity contribution in [3.63, 3.8) is 0 Å². The Balaban J connectivity index is 2.09. The summed E-state index contributed by atoms with van der Waals surface area (Å²) >= 11 is 5.97. The lowest BCUT2D eigenvalue weighted by Gasteiger charge is -2.20. The lowest BCUT2D eigenvalue weighted by atomic mass is 10.1. The van der Waals surface area contributed by atoms with Crippen molar-refractivity contribution < 1.29 is 0 Å². The number of aromatic nitrogens is 1. The van der Waals surface area contributed by atoms with Crippen LogP contribution in [-0.2, 0) is 6.54 Å². The summed E-state index contributed by atoms with van der Waals surface area (Å²) in [6.45, 7) is 8.49. The zero-order chi connectivity index (χ0) is 12.5. The number of hydrogen-bond acceptors (Lipinski definition) is 1. The average Bonchev–Trinajstić information content (AvgIpc) is 2.59. The SMILES string of the molecule is CC(C)(C)NCCn1ccc2cc(Cl)ccc21. The number of halogens is 1. The predicted molar refractivity (Wildman–Crippen MR) is 74.7 cm³/mol. The Hall–Kier alpha value is -0.990. The molecule has 3 heteroatoms. The molecule has 0 radical (unpaired) electrons. The summed E-state index contributed by atoms with van der Waals surface area (Å²) in [4.78, 5) is 0. The van der Waals surface area contributed by atoms with Crippen molar-refractivity contribution >= 4 is 22.5 Å².